The molecular formula is C14H12O4. The average molecular weight is 244 g/mol. The highest BCUT2D eigenvalue weighted by Crippen LogP contribution is 2.25. The Bertz CT molecular complexity index is 563. The number of hydrogen-bond acceptors (Lipinski definition) is 4. The summed E-state index contributed by atoms with van der Waals surface area (Å²) in [5.41, 5.74) is 0.412. The second-order valence-corrected chi connectivity index (χ2v) is 3.62. The maximum absolute atomic E-state index is 11.4. The zero-order valence-electron chi connectivity index (χ0n) is 9.79. The van der Waals surface area contributed by atoms with Crippen LogP contribution >= 0.6 is 0 Å². The van der Waals surface area contributed by atoms with Gasteiger partial charge in [-0.25, -0.2) is 4.79 Å². The first-order valence-electron chi connectivity index (χ1n) is 5.34. The van der Waals surface area contributed by atoms with Gasteiger partial charge >= 0.3 is 5.97 Å². The molecule has 2 aromatic carbocycles. The minimum atomic E-state index is -0.420. The molecule has 0 fully saturated rings. The highest BCUT2D eigenvalue weighted by molar-refractivity contribution is 5.89. The predicted molar refractivity (Wildman–Crippen MR) is 66.0 cm³/mol. The predicted octanol–water partition coefficient (Wildman–Crippen LogP) is 2.97. The topological polar surface area (TPSA) is 55.8 Å². The lowest BCUT2D eigenvalue weighted by atomic mass is 10.2. The fourth-order valence-corrected chi connectivity index (χ4v) is 1.49. The summed E-state index contributed by atoms with van der Waals surface area (Å²) in [6.07, 6.45) is 0. The van der Waals surface area contributed by atoms with Crippen LogP contribution in [-0.4, -0.2) is 18.2 Å². The van der Waals surface area contributed by atoms with E-state index in [-0.39, 0.29) is 5.75 Å². The van der Waals surface area contributed by atoms with Gasteiger partial charge in [0, 0.05) is 6.07 Å². The molecule has 2 aromatic rings. The summed E-state index contributed by atoms with van der Waals surface area (Å²) < 4.78 is 10.2. The van der Waals surface area contributed by atoms with E-state index in [1.54, 1.807) is 42.5 Å². The van der Waals surface area contributed by atoms with E-state index in [1.807, 2.05) is 0 Å². The van der Waals surface area contributed by atoms with Gasteiger partial charge in [0.15, 0.2) is 0 Å². The average Bonchev–Trinajstić information content (AvgIpc) is 2.38. The Morgan fingerprint density at radius 2 is 1.72 bits per heavy atom. The molecule has 0 unspecified atom stereocenters. The third-order valence-electron chi connectivity index (χ3n) is 2.31. The normalized spacial score (nSPS) is 9.83. The van der Waals surface area contributed by atoms with Gasteiger partial charge in [0.1, 0.15) is 17.2 Å². The van der Waals surface area contributed by atoms with Crippen molar-refractivity contribution in [2.75, 3.05) is 7.11 Å². The highest BCUT2D eigenvalue weighted by atomic mass is 16.5. The lowest BCUT2D eigenvalue weighted by Gasteiger charge is -2.07. The van der Waals surface area contributed by atoms with Crippen LogP contribution in [0.3, 0.4) is 0 Å². The van der Waals surface area contributed by atoms with Crippen molar-refractivity contribution < 1.29 is 19.4 Å². The Morgan fingerprint density at radius 1 is 1.06 bits per heavy atom. The van der Waals surface area contributed by atoms with Crippen molar-refractivity contribution in [2.24, 2.45) is 0 Å². The molecule has 1 N–H and O–H groups in total. The Hall–Kier alpha value is -2.49. The molecule has 4 nitrogen and oxygen atoms in total. The summed E-state index contributed by atoms with van der Waals surface area (Å²) >= 11 is 0. The van der Waals surface area contributed by atoms with E-state index in [4.69, 9.17) is 4.74 Å². The number of ether oxygens (including phenoxy) is 2. The zero-order chi connectivity index (χ0) is 13.0. The lowest BCUT2D eigenvalue weighted by Crippen LogP contribution is -2.00. The van der Waals surface area contributed by atoms with E-state index in [0.717, 1.165) is 0 Å². The van der Waals surface area contributed by atoms with Crippen molar-refractivity contribution in [3.63, 3.8) is 0 Å². The number of methoxy groups -OCH3 is 1. The molecule has 18 heavy (non-hydrogen) atoms. The fraction of sp³-hybridized carbons (Fsp3) is 0.0714. The highest BCUT2D eigenvalue weighted by Gasteiger charge is 2.06. The van der Waals surface area contributed by atoms with Crippen LogP contribution in [-0.2, 0) is 4.74 Å². The van der Waals surface area contributed by atoms with Gasteiger partial charge in [-0.3, -0.25) is 0 Å². The van der Waals surface area contributed by atoms with E-state index in [1.165, 1.54) is 13.2 Å². The number of benzene rings is 2. The molecule has 0 aliphatic carbocycles. The summed E-state index contributed by atoms with van der Waals surface area (Å²) in [7, 11) is 1.32. The van der Waals surface area contributed by atoms with Crippen LogP contribution in [0.1, 0.15) is 10.4 Å². The largest absolute Gasteiger partial charge is 0.508 e. The van der Waals surface area contributed by atoms with Gasteiger partial charge in [-0.1, -0.05) is 12.1 Å². The minimum absolute atomic E-state index is 0.122. The number of carbonyl (C=O) groups is 1. The van der Waals surface area contributed by atoms with Crippen molar-refractivity contribution in [2.45, 2.75) is 0 Å². The quantitative estimate of drug-likeness (QED) is 0.843. The van der Waals surface area contributed by atoms with E-state index >= 15 is 0 Å². The van der Waals surface area contributed by atoms with E-state index < -0.39 is 5.97 Å². The van der Waals surface area contributed by atoms with Crippen molar-refractivity contribution in [1.82, 2.24) is 0 Å². The molecule has 0 atom stereocenters. The molecule has 2 rings (SSSR count). The molecule has 0 aromatic heterocycles. The minimum Gasteiger partial charge on any atom is -0.508 e. The molecule has 0 bridgehead atoms. The van der Waals surface area contributed by atoms with Gasteiger partial charge in [0.05, 0.1) is 12.7 Å². The van der Waals surface area contributed by atoms with Crippen LogP contribution < -0.4 is 4.74 Å². The third kappa shape index (κ3) is 2.79. The standard InChI is InChI=1S/C14H12O4/c1-17-14(16)10-4-2-6-12(8-10)18-13-7-3-5-11(15)9-13/h2-9,15H,1H3. The Balaban J connectivity index is 2.22. The van der Waals surface area contributed by atoms with Crippen LogP contribution in [0.4, 0.5) is 0 Å². The van der Waals surface area contributed by atoms with E-state index in [0.29, 0.717) is 17.1 Å². The van der Waals surface area contributed by atoms with E-state index in [9.17, 15) is 9.90 Å². The Morgan fingerprint density at radius 3 is 2.39 bits per heavy atom. The van der Waals surface area contributed by atoms with Crippen molar-refractivity contribution in [1.29, 1.82) is 0 Å². The smallest absolute Gasteiger partial charge is 0.337 e. The third-order valence-corrected chi connectivity index (χ3v) is 2.31. The van der Waals surface area contributed by atoms with Crippen LogP contribution in [0.15, 0.2) is 48.5 Å². The monoisotopic (exact) mass is 244 g/mol. The number of rotatable bonds is 3. The molecule has 0 aliphatic heterocycles. The molecule has 92 valence electrons. The molecule has 0 aliphatic rings. The van der Waals surface area contributed by atoms with Gasteiger partial charge < -0.3 is 14.6 Å². The van der Waals surface area contributed by atoms with Crippen molar-refractivity contribution in [3.05, 3.63) is 54.1 Å². The van der Waals surface area contributed by atoms with Gasteiger partial charge in [-0.15, -0.1) is 0 Å². The summed E-state index contributed by atoms with van der Waals surface area (Å²) in [6.45, 7) is 0. The van der Waals surface area contributed by atoms with Crippen LogP contribution in [0.25, 0.3) is 0 Å². The Labute approximate surface area is 104 Å². The number of phenolic OH excluding ortho intramolecular Hbond substituents is 1. The number of carbonyl (C=O) groups excluding carboxylic acids is 1. The summed E-state index contributed by atoms with van der Waals surface area (Å²) in [4.78, 5) is 11.4. The van der Waals surface area contributed by atoms with Gasteiger partial charge in [-0.05, 0) is 30.3 Å². The second-order valence-electron chi connectivity index (χ2n) is 3.62. The molecule has 0 radical (unpaired) electrons. The number of hydrogen-bond donors (Lipinski definition) is 1. The van der Waals surface area contributed by atoms with Crippen molar-refractivity contribution in [3.8, 4) is 17.2 Å². The molecule has 0 spiro atoms. The van der Waals surface area contributed by atoms with Gasteiger partial charge in [0.2, 0.25) is 0 Å². The number of esters is 1. The summed E-state index contributed by atoms with van der Waals surface area (Å²) in [5.74, 6) is 0.702. The van der Waals surface area contributed by atoms with Crippen LogP contribution in [0.2, 0.25) is 0 Å². The maximum Gasteiger partial charge on any atom is 0.337 e. The zero-order valence-corrected chi connectivity index (χ0v) is 9.79. The molecule has 0 heterocycles. The first-order chi connectivity index (χ1) is 8.69. The van der Waals surface area contributed by atoms with Crippen LogP contribution in [0.5, 0.6) is 17.2 Å². The molecule has 0 saturated heterocycles. The summed E-state index contributed by atoms with van der Waals surface area (Å²) in [6, 6.07) is 13.1. The first kappa shape index (κ1) is 12.0. The van der Waals surface area contributed by atoms with Crippen molar-refractivity contribution >= 4 is 5.97 Å². The lowest BCUT2D eigenvalue weighted by molar-refractivity contribution is 0.0600. The molecule has 4 heteroatoms. The number of aromatic hydroxyl groups is 1. The van der Waals surface area contributed by atoms with Gasteiger partial charge in [0.25, 0.3) is 0 Å². The second kappa shape index (κ2) is 5.23. The fourth-order valence-electron chi connectivity index (χ4n) is 1.49. The molecule has 0 amide bonds. The number of phenols is 1. The van der Waals surface area contributed by atoms with Crippen LogP contribution in [0, 0.1) is 0 Å². The molecule has 0 saturated carbocycles. The SMILES string of the molecule is COC(=O)c1cccc(Oc2cccc(O)c2)c1. The van der Waals surface area contributed by atoms with E-state index in [2.05, 4.69) is 4.74 Å². The Kier molecular flexibility index (Phi) is 3.48. The molecular weight excluding hydrogens is 232 g/mol. The first-order valence-corrected chi connectivity index (χ1v) is 5.34. The summed E-state index contributed by atoms with van der Waals surface area (Å²) in [5, 5.41) is 9.32. The van der Waals surface area contributed by atoms with Gasteiger partial charge in [-0.2, -0.15) is 0 Å². The maximum atomic E-state index is 11.4.